The van der Waals surface area contributed by atoms with Crippen molar-refractivity contribution in [2.24, 2.45) is 5.41 Å². The van der Waals surface area contributed by atoms with Crippen molar-refractivity contribution in [1.29, 1.82) is 0 Å². The summed E-state index contributed by atoms with van der Waals surface area (Å²) in [5.41, 5.74) is 0.857. The van der Waals surface area contributed by atoms with E-state index in [1.54, 1.807) is 51.1 Å². The quantitative estimate of drug-likeness (QED) is 0.0982. The number of hydrogen-bond acceptors (Lipinski definition) is 8. The van der Waals surface area contributed by atoms with Crippen LogP contribution in [0.5, 0.6) is 0 Å². The average molecular weight is 718 g/mol. The number of rotatable bonds is 18. The first-order valence-electron chi connectivity index (χ1n) is 17.6. The highest BCUT2D eigenvalue weighted by molar-refractivity contribution is 5.91. The zero-order valence-corrected chi connectivity index (χ0v) is 31.0. The number of nitrogens with one attached hydrogen (secondary N) is 5. The van der Waals surface area contributed by atoms with Gasteiger partial charge in [-0.05, 0) is 55.7 Å². The number of alkyl carbamates (subject to hydrolysis) is 1. The fourth-order valence-electron chi connectivity index (χ4n) is 5.63. The van der Waals surface area contributed by atoms with Gasteiger partial charge in [0.25, 0.3) is 0 Å². The van der Waals surface area contributed by atoms with E-state index in [-0.39, 0.29) is 19.5 Å². The van der Waals surface area contributed by atoms with Gasteiger partial charge in [0.15, 0.2) is 0 Å². The highest BCUT2D eigenvalue weighted by Gasteiger charge is 2.37. The number of carbonyl (C=O) groups excluding carboxylic acids is 4. The Hall–Kier alpha value is -4.78. The molecular weight excluding hydrogens is 662 g/mol. The molecule has 0 spiro atoms. The number of hydrogen-bond donors (Lipinski definition) is 7. The summed E-state index contributed by atoms with van der Waals surface area (Å²) >= 11 is 0. The Labute approximate surface area is 307 Å². The lowest BCUT2D eigenvalue weighted by Crippen LogP contribution is -2.59. The Morgan fingerprint density at radius 1 is 0.673 bits per heavy atom. The average Bonchev–Trinajstić information content (AvgIpc) is 3.08. The maximum atomic E-state index is 14.0. The van der Waals surface area contributed by atoms with Crippen LogP contribution in [0.15, 0.2) is 91.0 Å². The SMILES string of the molecule is CC(C)(C)OC(=O)N[C@@H](Cc1ccccc1)[C@H](O)CNC[C@@H](O)[C@H](Cc1ccccc1)NC(=O)[C@@H](NC(=O)[C@@H](NC=O)c1ccccc1)C(C)(C)C. The van der Waals surface area contributed by atoms with Crippen LogP contribution in [0, 0.1) is 5.41 Å². The van der Waals surface area contributed by atoms with Crippen molar-refractivity contribution in [2.75, 3.05) is 13.1 Å². The van der Waals surface area contributed by atoms with Crippen LogP contribution >= 0.6 is 0 Å². The number of aliphatic hydroxyl groups is 2. The van der Waals surface area contributed by atoms with E-state index in [1.165, 1.54) is 0 Å². The van der Waals surface area contributed by atoms with Crippen LogP contribution in [0.2, 0.25) is 0 Å². The Bertz CT molecular complexity index is 1550. The van der Waals surface area contributed by atoms with E-state index >= 15 is 0 Å². The van der Waals surface area contributed by atoms with Crippen LogP contribution < -0.4 is 26.6 Å². The molecule has 0 radical (unpaired) electrons. The summed E-state index contributed by atoms with van der Waals surface area (Å²) < 4.78 is 5.43. The minimum absolute atomic E-state index is 0.00872. The highest BCUT2D eigenvalue weighted by Crippen LogP contribution is 2.22. The highest BCUT2D eigenvalue weighted by atomic mass is 16.6. The van der Waals surface area contributed by atoms with E-state index in [2.05, 4.69) is 26.6 Å². The Kier molecular flexibility index (Phi) is 15.8. The Morgan fingerprint density at radius 3 is 1.58 bits per heavy atom. The van der Waals surface area contributed by atoms with Gasteiger partial charge in [-0.3, -0.25) is 14.4 Å². The molecule has 12 heteroatoms. The van der Waals surface area contributed by atoms with Gasteiger partial charge in [0.1, 0.15) is 17.7 Å². The van der Waals surface area contributed by atoms with Crippen molar-refractivity contribution in [3.8, 4) is 0 Å². The van der Waals surface area contributed by atoms with Crippen LogP contribution in [0.3, 0.4) is 0 Å². The van der Waals surface area contributed by atoms with E-state index in [0.717, 1.165) is 11.1 Å². The maximum absolute atomic E-state index is 14.0. The monoisotopic (exact) mass is 717 g/mol. The van der Waals surface area contributed by atoms with Gasteiger partial charge in [-0.25, -0.2) is 4.79 Å². The van der Waals surface area contributed by atoms with Crippen molar-refractivity contribution in [3.05, 3.63) is 108 Å². The van der Waals surface area contributed by atoms with Crippen LogP contribution in [0.25, 0.3) is 0 Å². The van der Waals surface area contributed by atoms with E-state index in [1.807, 2.05) is 81.4 Å². The first kappa shape index (κ1) is 41.6. The van der Waals surface area contributed by atoms with E-state index < -0.39 is 65.3 Å². The lowest BCUT2D eigenvalue weighted by atomic mass is 9.85. The smallest absolute Gasteiger partial charge is 0.407 e. The van der Waals surface area contributed by atoms with E-state index in [4.69, 9.17) is 4.74 Å². The predicted octanol–water partition coefficient (Wildman–Crippen LogP) is 3.18. The third-order valence-electron chi connectivity index (χ3n) is 8.31. The zero-order valence-electron chi connectivity index (χ0n) is 31.0. The first-order chi connectivity index (χ1) is 24.6. The van der Waals surface area contributed by atoms with Crippen LogP contribution in [0.4, 0.5) is 4.79 Å². The first-order valence-corrected chi connectivity index (χ1v) is 17.6. The van der Waals surface area contributed by atoms with Crippen molar-refractivity contribution in [3.63, 3.8) is 0 Å². The van der Waals surface area contributed by atoms with Crippen LogP contribution in [-0.4, -0.2) is 83.6 Å². The zero-order chi connectivity index (χ0) is 38.3. The summed E-state index contributed by atoms with van der Waals surface area (Å²) in [5.74, 6) is -1.07. The summed E-state index contributed by atoms with van der Waals surface area (Å²) in [5, 5.41) is 36.9. The topological polar surface area (TPSA) is 178 Å². The van der Waals surface area contributed by atoms with Crippen LogP contribution in [-0.2, 0) is 32.0 Å². The molecule has 0 saturated heterocycles. The Morgan fingerprint density at radius 2 is 1.13 bits per heavy atom. The summed E-state index contributed by atoms with van der Waals surface area (Å²) in [6, 6.07) is 24.0. The standard InChI is InChI=1S/C40H55N5O7/c1-39(2,3)35(45-36(49)34(42-26-46)29-20-14-9-15-21-29)37(50)43-30(22-27-16-10-7-11-17-27)32(47)24-41-25-33(48)31(23-28-18-12-8-13-19-28)44-38(51)52-40(4,5)6/h7-21,26,30-35,41,47-48H,22-25H2,1-6H3,(H,42,46)(H,43,50)(H,44,51)(H,45,49)/t30-,31-,32+,33+,34-,35+/m0/s1. The fourth-order valence-corrected chi connectivity index (χ4v) is 5.63. The normalized spacial score (nSPS) is 15.2. The number of benzene rings is 3. The third kappa shape index (κ3) is 14.1. The maximum Gasteiger partial charge on any atom is 0.407 e. The molecule has 6 atom stereocenters. The second kappa shape index (κ2) is 19.7. The third-order valence-corrected chi connectivity index (χ3v) is 8.31. The molecule has 52 heavy (non-hydrogen) atoms. The molecule has 3 aromatic carbocycles. The predicted molar refractivity (Wildman–Crippen MR) is 200 cm³/mol. The molecule has 0 aliphatic heterocycles. The molecule has 0 fully saturated rings. The molecule has 0 saturated carbocycles. The molecule has 0 aromatic heterocycles. The molecule has 12 nitrogen and oxygen atoms in total. The van der Waals surface area contributed by atoms with Gasteiger partial charge < -0.3 is 41.5 Å². The molecule has 0 unspecified atom stereocenters. The van der Waals surface area contributed by atoms with Gasteiger partial charge in [-0.1, -0.05) is 112 Å². The summed E-state index contributed by atoms with van der Waals surface area (Å²) in [6.07, 6.45) is -1.77. The molecular formula is C40H55N5O7. The minimum atomic E-state index is -1.12. The van der Waals surface area contributed by atoms with Crippen molar-refractivity contribution in [2.45, 2.75) is 96.4 Å². The second-order valence-electron chi connectivity index (χ2n) is 15.0. The summed E-state index contributed by atoms with van der Waals surface area (Å²) in [6.45, 7) is 10.7. The van der Waals surface area contributed by atoms with Gasteiger partial charge in [0.05, 0.1) is 24.3 Å². The molecule has 3 rings (SSSR count). The van der Waals surface area contributed by atoms with Crippen LogP contribution in [0.1, 0.15) is 64.3 Å². The van der Waals surface area contributed by atoms with Gasteiger partial charge in [0.2, 0.25) is 18.2 Å². The lowest BCUT2D eigenvalue weighted by Gasteiger charge is -2.34. The van der Waals surface area contributed by atoms with Gasteiger partial charge >= 0.3 is 6.09 Å². The summed E-state index contributed by atoms with van der Waals surface area (Å²) in [4.78, 5) is 51.5. The molecule has 0 bridgehead atoms. The number of carbonyl (C=O) groups is 4. The molecule has 0 aliphatic carbocycles. The number of amides is 4. The molecule has 3 aromatic rings. The molecule has 0 heterocycles. The van der Waals surface area contributed by atoms with E-state index in [9.17, 15) is 29.4 Å². The lowest BCUT2D eigenvalue weighted by molar-refractivity contribution is -0.134. The fraction of sp³-hybridized carbons (Fsp3) is 0.450. The molecule has 282 valence electrons. The van der Waals surface area contributed by atoms with Gasteiger partial charge in [-0.2, -0.15) is 0 Å². The Balaban J connectivity index is 1.74. The van der Waals surface area contributed by atoms with E-state index in [0.29, 0.717) is 18.4 Å². The molecule has 7 N–H and O–H groups in total. The van der Waals surface area contributed by atoms with Crippen molar-refractivity contribution < 1.29 is 34.1 Å². The minimum Gasteiger partial charge on any atom is -0.444 e. The largest absolute Gasteiger partial charge is 0.444 e. The van der Waals surface area contributed by atoms with Crippen molar-refractivity contribution >= 4 is 24.3 Å². The number of aliphatic hydroxyl groups excluding tert-OH is 2. The van der Waals surface area contributed by atoms with Crippen molar-refractivity contribution in [1.82, 2.24) is 26.6 Å². The van der Waals surface area contributed by atoms with Gasteiger partial charge in [0, 0.05) is 13.1 Å². The second-order valence-corrected chi connectivity index (χ2v) is 15.0. The molecule has 0 aliphatic rings. The summed E-state index contributed by atoms with van der Waals surface area (Å²) in [7, 11) is 0. The van der Waals surface area contributed by atoms with Gasteiger partial charge in [-0.15, -0.1) is 0 Å². The molecule has 4 amide bonds. The number of ether oxygens (including phenoxy) is 1.